The molecule has 8 aromatic rings. The first-order valence-corrected chi connectivity index (χ1v) is 17.4. The number of hydrogen-bond acceptors (Lipinski definition) is 4. The van der Waals surface area contributed by atoms with Crippen molar-refractivity contribution in [3.63, 3.8) is 0 Å². The van der Waals surface area contributed by atoms with Gasteiger partial charge < -0.3 is 19.3 Å². The van der Waals surface area contributed by atoms with E-state index in [2.05, 4.69) is 186 Å². The van der Waals surface area contributed by atoms with Crippen LogP contribution in [0.25, 0.3) is 21.9 Å². The predicted molar refractivity (Wildman–Crippen MR) is 210 cm³/mol. The van der Waals surface area contributed by atoms with Gasteiger partial charge in [0.15, 0.2) is 5.75 Å². The molecule has 0 unspecified atom stereocenters. The van der Waals surface area contributed by atoms with Gasteiger partial charge in [-0.3, -0.25) is 0 Å². The Morgan fingerprint density at radius 2 is 1.10 bits per heavy atom. The van der Waals surface area contributed by atoms with E-state index in [0.717, 1.165) is 90.0 Å². The van der Waals surface area contributed by atoms with Gasteiger partial charge in [0.05, 0.1) is 17.1 Å². The summed E-state index contributed by atoms with van der Waals surface area (Å²) in [5.41, 5.74) is 12.1. The molecule has 0 N–H and O–H groups in total. The molecule has 0 aliphatic carbocycles. The summed E-state index contributed by atoms with van der Waals surface area (Å²) >= 11 is 0. The Balaban J connectivity index is 1.23. The van der Waals surface area contributed by atoms with Gasteiger partial charge in [0.25, 0.3) is 6.71 Å². The molecular formula is C46H29BN2O2. The maximum atomic E-state index is 7.05. The SMILES string of the molecule is c1ccc(N(c2ccccc2)c2ccc3c4c(cccc24)N(c2ccccc2)c2c-3cc3c4c2Oc2ccccc2B4c2ccccc2O3)cc1. The molecule has 0 bridgehead atoms. The smallest absolute Gasteiger partial charge is 0.260 e. The molecule has 51 heavy (non-hydrogen) atoms. The largest absolute Gasteiger partial charge is 0.458 e. The molecule has 8 aromatic carbocycles. The van der Waals surface area contributed by atoms with E-state index in [1.165, 1.54) is 5.39 Å². The van der Waals surface area contributed by atoms with Gasteiger partial charge in [-0.2, -0.15) is 0 Å². The van der Waals surface area contributed by atoms with Crippen molar-refractivity contribution >= 4 is 68.0 Å². The molecule has 0 atom stereocenters. The molecule has 0 radical (unpaired) electrons. The van der Waals surface area contributed by atoms with Gasteiger partial charge >= 0.3 is 0 Å². The van der Waals surface area contributed by atoms with E-state index in [0.29, 0.717) is 0 Å². The van der Waals surface area contributed by atoms with Crippen LogP contribution in [-0.4, -0.2) is 6.71 Å². The van der Waals surface area contributed by atoms with Crippen molar-refractivity contribution in [3.8, 4) is 34.1 Å². The number of rotatable bonds is 4. The summed E-state index contributed by atoms with van der Waals surface area (Å²) in [5, 5.41) is 2.34. The molecule has 3 aliphatic rings. The topological polar surface area (TPSA) is 24.9 Å². The monoisotopic (exact) mass is 652 g/mol. The number of para-hydroxylation sites is 5. The summed E-state index contributed by atoms with van der Waals surface area (Å²) in [5.74, 6) is 3.43. The van der Waals surface area contributed by atoms with Crippen LogP contribution < -0.4 is 35.7 Å². The van der Waals surface area contributed by atoms with Crippen molar-refractivity contribution in [3.05, 3.63) is 176 Å². The van der Waals surface area contributed by atoms with Crippen LogP contribution >= 0.6 is 0 Å². The fourth-order valence-electron chi connectivity index (χ4n) is 8.38. The second kappa shape index (κ2) is 10.9. The molecule has 5 heteroatoms. The second-order valence-corrected chi connectivity index (χ2v) is 13.2. The lowest BCUT2D eigenvalue weighted by Gasteiger charge is -2.40. The Morgan fingerprint density at radius 1 is 0.490 bits per heavy atom. The number of nitrogens with zero attached hydrogens (tertiary/aromatic N) is 2. The molecule has 11 rings (SSSR count). The van der Waals surface area contributed by atoms with Crippen molar-refractivity contribution in [1.29, 1.82) is 0 Å². The zero-order valence-corrected chi connectivity index (χ0v) is 27.5. The number of benzene rings is 8. The second-order valence-electron chi connectivity index (χ2n) is 13.2. The lowest BCUT2D eigenvalue weighted by molar-refractivity contribution is 0.465. The highest BCUT2D eigenvalue weighted by Gasteiger charge is 2.44. The van der Waals surface area contributed by atoms with Gasteiger partial charge in [0.2, 0.25) is 0 Å². The zero-order chi connectivity index (χ0) is 33.5. The average Bonchev–Trinajstić information content (AvgIpc) is 3.20. The maximum absolute atomic E-state index is 7.05. The number of hydrogen-bond donors (Lipinski definition) is 0. The van der Waals surface area contributed by atoms with Gasteiger partial charge in [-0.25, -0.2) is 0 Å². The minimum atomic E-state index is -0.0160. The molecule has 4 nitrogen and oxygen atoms in total. The minimum absolute atomic E-state index is 0.0160. The standard InChI is InChI=1S/C46H29BN2O2/c1-4-15-30(16-5-1)48(31-17-6-2-7-18-31)38-28-27-33-35-29-42-44-46(45(35)49(32-19-8-3-9-20-32)39-24-14-21-34(38)43(33)39)51-41-26-13-11-23-37(41)47(44)36-22-10-12-25-40(36)50-42/h1-29H. The van der Waals surface area contributed by atoms with Crippen LogP contribution in [0.3, 0.4) is 0 Å². The Kier molecular flexibility index (Phi) is 6.01. The quantitative estimate of drug-likeness (QED) is 0.177. The van der Waals surface area contributed by atoms with Crippen molar-refractivity contribution < 1.29 is 9.47 Å². The zero-order valence-electron chi connectivity index (χ0n) is 27.5. The van der Waals surface area contributed by atoms with Gasteiger partial charge in [0.1, 0.15) is 17.2 Å². The third-order valence-corrected chi connectivity index (χ3v) is 10.5. The van der Waals surface area contributed by atoms with Crippen LogP contribution in [0.4, 0.5) is 34.1 Å². The summed E-state index contributed by atoms with van der Waals surface area (Å²) in [4.78, 5) is 4.75. The Hall–Kier alpha value is -6.72. The Morgan fingerprint density at radius 3 is 1.78 bits per heavy atom. The highest BCUT2D eigenvalue weighted by Crippen LogP contribution is 2.58. The molecule has 3 aliphatic heterocycles. The Bertz CT molecular complexity index is 2610. The van der Waals surface area contributed by atoms with E-state index < -0.39 is 0 Å². The summed E-state index contributed by atoms with van der Waals surface area (Å²) in [7, 11) is 0. The van der Waals surface area contributed by atoms with Crippen LogP contribution in [0.1, 0.15) is 0 Å². The van der Waals surface area contributed by atoms with Gasteiger partial charge in [-0.1, -0.05) is 109 Å². The van der Waals surface area contributed by atoms with E-state index in [9.17, 15) is 0 Å². The molecular weight excluding hydrogens is 623 g/mol. The number of anilines is 6. The van der Waals surface area contributed by atoms with Gasteiger partial charge in [-0.05, 0) is 83.2 Å². The summed E-state index contributed by atoms with van der Waals surface area (Å²) < 4.78 is 13.8. The van der Waals surface area contributed by atoms with Crippen molar-refractivity contribution in [2.75, 3.05) is 9.80 Å². The summed E-state index contributed by atoms with van der Waals surface area (Å²) in [6.45, 7) is -0.0160. The molecule has 0 spiro atoms. The van der Waals surface area contributed by atoms with Gasteiger partial charge in [0, 0.05) is 38.9 Å². The van der Waals surface area contributed by atoms with Crippen molar-refractivity contribution in [1.82, 2.24) is 0 Å². The lowest BCUT2D eigenvalue weighted by atomic mass is 9.34. The maximum Gasteiger partial charge on any atom is 0.260 e. The molecule has 238 valence electrons. The van der Waals surface area contributed by atoms with E-state index in [1.54, 1.807) is 0 Å². The third-order valence-electron chi connectivity index (χ3n) is 10.5. The molecule has 0 saturated heterocycles. The van der Waals surface area contributed by atoms with E-state index in [-0.39, 0.29) is 6.71 Å². The predicted octanol–water partition coefficient (Wildman–Crippen LogP) is 10.5. The fourth-order valence-corrected chi connectivity index (χ4v) is 8.38. The first-order valence-electron chi connectivity index (χ1n) is 17.4. The molecule has 0 fully saturated rings. The lowest BCUT2D eigenvalue weighted by Crippen LogP contribution is -2.57. The van der Waals surface area contributed by atoms with Crippen LogP contribution in [0.5, 0.6) is 23.0 Å². The Labute approximate surface area is 296 Å². The normalized spacial score (nSPS) is 12.9. The highest BCUT2D eigenvalue weighted by molar-refractivity contribution is 6.98. The molecule has 3 heterocycles. The van der Waals surface area contributed by atoms with Gasteiger partial charge in [-0.15, -0.1) is 0 Å². The number of ether oxygens (including phenoxy) is 2. The van der Waals surface area contributed by atoms with Crippen molar-refractivity contribution in [2.45, 2.75) is 0 Å². The van der Waals surface area contributed by atoms with E-state index >= 15 is 0 Å². The summed E-state index contributed by atoms with van der Waals surface area (Å²) in [6, 6.07) is 62.2. The van der Waals surface area contributed by atoms with Crippen LogP contribution in [0.2, 0.25) is 0 Å². The average molecular weight is 653 g/mol. The van der Waals surface area contributed by atoms with Crippen LogP contribution in [-0.2, 0) is 0 Å². The van der Waals surface area contributed by atoms with E-state index in [4.69, 9.17) is 9.47 Å². The molecule has 0 saturated carbocycles. The third kappa shape index (κ3) is 4.09. The summed E-state index contributed by atoms with van der Waals surface area (Å²) in [6.07, 6.45) is 0. The highest BCUT2D eigenvalue weighted by atomic mass is 16.5. The van der Waals surface area contributed by atoms with E-state index in [1.807, 2.05) is 0 Å². The first kappa shape index (κ1) is 28.2. The first-order chi connectivity index (χ1) is 25.3. The molecule has 0 amide bonds. The molecule has 0 aromatic heterocycles. The van der Waals surface area contributed by atoms with Crippen molar-refractivity contribution in [2.24, 2.45) is 0 Å². The fraction of sp³-hybridized carbons (Fsp3) is 0. The number of fused-ring (bicyclic) bond motifs is 7. The van der Waals surface area contributed by atoms with Crippen LogP contribution in [0.15, 0.2) is 176 Å². The van der Waals surface area contributed by atoms with Crippen LogP contribution in [0, 0.1) is 0 Å². The minimum Gasteiger partial charge on any atom is -0.458 e.